The van der Waals surface area contributed by atoms with E-state index in [9.17, 15) is 4.79 Å². The standard InChI is InChI=1S/C10H18N2O4/c1-5(2)12-10(13)16-7-4-15-8-6(11)3-14-9(7)8/h5-9H,3-4,11H2,1-2H3,(H,12,13)/t6-,7+,8+,9+/m0/s1. The third kappa shape index (κ3) is 2.28. The maximum atomic E-state index is 11.4. The van der Waals surface area contributed by atoms with Crippen molar-refractivity contribution in [3.05, 3.63) is 0 Å². The van der Waals surface area contributed by atoms with E-state index in [1.807, 2.05) is 13.8 Å². The van der Waals surface area contributed by atoms with Crippen LogP contribution >= 0.6 is 0 Å². The maximum absolute atomic E-state index is 11.4. The molecule has 0 bridgehead atoms. The molecule has 0 saturated carbocycles. The van der Waals surface area contributed by atoms with Gasteiger partial charge in [0.2, 0.25) is 0 Å². The molecule has 2 rings (SSSR count). The van der Waals surface area contributed by atoms with E-state index in [1.165, 1.54) is 0 Å². The van der Waals surface area contributed by atoms with Crippen molar-refractivity contribution in [3.8, 4) is 0 Å². The SMILES string of the molecule is CC(C)NC(=O)O[C@@H]1CO[C@H]2[C@@H]1OC[C@@H]2N. The molecular weight excluding hydrogens is 212 g/mol. The van der Waals surface area contributed by atoms with E-state index in [-0.39, 0.29) is 30.4 Å². The Labute approximate surface area is 94.4 Å². The van der Waals surface area contributed by atoms with E-state index in [1.54, 1.807) is 0 Å². The van der Waals surface area contributed by atoms with Crippen molar-refractivity contribution in [2.45, 2.75) is 44.2 Å². The molecule has 1 amide bonds. The summed E-state index contributed by atoms with van der Waals surface area (Å²) in [4.78, 5) is 11.4. The Morgan fingerprint density at radius 3 is 2.75 bits per heavy atom. The van der Waals surface area contributed by atoms with Gasteiger partial charge in [-0.3, -0.25) is 0 Å². The topological polar surface area (TPSA) is 82.8 Å². The molecular formula is C10H18N2O4. The summed E-state index contributed by atoms with van der Waals surface area (Å²) in [6, 6.07) is -0.0656. The highest BCUT2D eigenvalue weighted by atomic mass is 16.6. The zero-order valence-electron chi connectivity index (χ0n) is 9.51. The highest BCUT2D eigenvalue weighted by Gasteiger charge is 2.48. The Hall–Kier alpha value is -0.850. The molecule has 0 unspecified atom stereocenters. The first kappa shape index (κ1) is 11.6. The van der Waals surface area contributed by atoms with Crippen molar-refractivity contribution in [2.75, 3.05) is 13.2 Å². The van der Waals surface area contributed by atoms with Crippen molar-refractivity contribution in [3.63, 3.8) is 0 Å². The summed E-state index contributed by atoms with van der Waals surface area (Å²) in [5.74, 6) is 0. The van der Waals surface area contributed by atoms with Crippen molar-refractivity contribution < 1.29 is 19.0 Å². The van der Waals surface area contributed by atoms with Crippen molar-refractivity contribution in [1.82, 2.24) is 5.32 Å². The molecule has 6 heteroatoms. The van der Waals surface area contributed by atoms with E-state index in [0.29, 0.717) is 13.2 Å². The number of nitrogens with two attached hydrogens (primary N) is 1. The molecule has 2 heterocycles. The zero-order chi connectivity index (χ0) is 11.7. The summed E-state index contributed by atoms with van der Waals surface area (Å²) in [6.45, 7) is 4.56. The summed E-state index contributed by atoms with van der Waals surface area (Å²) < 4.78 is 16.1. The van der Waals surface area contributed by atoms with Crippen LogP contribution in [0.3, 0.4) is 0 Å². The molecule has 16 heavy (non-hydrogen) atoms. The van der Waals surface area contributed by atoms with E-state index < -0.39 is 6.09 Å². The normalized spacial score (nSPS) is 37.5. The minimum atomic E-state index is -0.437. The minimum absolute atomic E-state index is 0.0531. The Kier molecular flexibility index (Phi) is 3.32. The first-order valence-corrected chi connectivity index (χ1v) is 5.54. The first-order chi connectivity index (χ1) is 7.58. The van der Waals surface area contributed by atoms with Gasteiger partial charge in [0.05, 0.1) is 19.3 Å². The second-order valence-corrected chi connectivity index (χ2v) is 4.50. The maximum Gasteiger partial charge on any atom is 0.407 e. The molecule has 4 atom stereocenters. The summed E-state index contributed by atoms with van der Waals surface area (Å²) in [7, 11) is 0. The van der Waals surface area contributed by atoms with Gasteiger partial charge < -0.3 is 25.3 Å². The molecule has 2 aliphatic rings. The molecule has 3 N–H and O–H groups in total. The van der Waals surface area contributed by atoms with Crippen LogP contribution in [-0.4, -0.2) is 49.7 Å². The van der Waals surface area contributed by atoms with Gasteiger partial charge >= 0.3 is 6.09 Å². The fraction of sp³-hybridized carbons (Fsp3) is 0.900. The highest BCUT2D eigenvalue weighted by Crippen LogP contribution is 2.27. The van der Waals surface area contributed by atoms with Gasteiger partial charge in [0.25, 0.3) is 0 Å². The van der Waals surface area contributed by atoms with Gasteiger partial charge in [-0.15, -0.1) is 0 Å². The molecule has 0 aromatic rings. The molecule has 2 saturated heterocycles. The van der Waals surface area contributed by atoms with E-state index in [4.69, 9.17) is 19.9 Å². The number of amides is 1. The highest BCUT2D eigenvalue weighted by molar-refractivity contribution is 5.67. The number of ether oxygens (including phenoxy) is 3. The number of fused-ring (bicyclic) bond motifs is 1. The number of carbonyl (C=O) groups excluding carboxylic acids is 1. The first-order valence-electron chi connectivity index (χ1n) is 5.54. The summed E-state index contributed by atoms with van der Waals surface area (Å²) >= 11 is 0. The molecule has 0 radical (unpaired) electrons. The third-order valence-electron chi connectivity index (χ3n) is 2.71. The van der Waals surface area contributed by atoms with Gasteiger partial charge in [-0.1, -0.05) is 0 Å². The van der Waals surface area contributed by atoms with Crippen LogP contribution in [-0.2, 0) is 14.2 Å². The van der Waals surface area contributed by atoms with E-state index in [0.717, 1.165) is 0 Å². The average molecular weight is 230 g/mol. The molecule has 92 valence electrons. The van der Waals surface area contributed by atoms with Crippen LogP contribution in [0.25, 0.3) is 0 Å². The molecule has 0 aromatic carbocycles. The molecule has 0 aromatic heterocycles. The van der Waals surface area contributed by atoms with Crippen LogP contribution in [0.1, 0.15) is 13.8 Å². The van der Waals surface area contributed by atoms with Gasteiger partial charge in [-0.25, -0.2) is 4.79 Å². The van der Waals surface area contributed by atoms with Crippen molar-refractivity contribution >= 4 is 6.09 Å². The second-order valence-electron chi connectivity index (χ2n) is 4.50. The fourth-order valence-electron chi connectivity index (χ4n) is 2.00. The van der Waals surface area contributed by atoms with Crippen LogP contribution in [0.15, 0.2) is 0 Å². The van der Waals surface area contributed by atoms with Crippen LogP contribution in [0, 0.1) is 0 Å². The van der Waals surface area contributed by atoms with Crippen LogP contribution in [0.5, 0.6) is 0 Å². The predicted molar refractivity (Wildman–Crippen MR) is 56.0 cm³/mol. The van der Waals surface area contributed by atoms with E-state index >= 15 is 0 Å². The smallest absolute Gasteiger partial charge is 0.407 e. The molecule has 2 aliphatic heterocycles. The van der Waals surface area contributed by atoms with Crippen molar-refractivity contribution in [1.29, 1.82) is 0 Å². The number of rotatable bonds is 2. The quantitative estimate of drug-likeness (QED) is 0.675. The largest absolute Gasteiger partial charge is 0.441 e. The van der Waals surface area contributed by atoms with Gasteiger partial charge in [0.1, 0.15) is 12.2 Å². The fourth-order valence-corrected chi connectivity index (χ4v) is 2.00. The number of hydrogen-bond donors (Lipinski definition) is 2. The number of carbonyl (C=O) groups is 1. The number of hydrogen-bond acceptors (Lipinski definition) is 5. The lowest BCUT2D eigenvalue weighted by atomic mass is 10.1. The minimum Gasteiger partial charge on any atom is -0.441 e. The molecule has 0 spiro atoms. The Bertz CT molecular complexity index is 272. The van der Waals surface area contributed by atoms with Gasteiger partial charge in [-0.05, 0) is 13.8 Å². The number of nitrogens with one attached hydrogen (secondary N) is 1. The molecule has 2 fully saturated rings. The lowest BCUT2D eigenvalue weighted by Crippen LogP contribution is -2.40. The predicted octanol–water partition coefficient (Wildman–Crippen LogP) is -0.385. The lowest BCUT2D eigenvalue weighted by molar-refractivity contribution is 0.00368. The zero-order valence-corrected chi connectivity index (χ0v) is 9.51. The summed E-state index contributed by atoms with van der Waals surface area (Å²) in [5.41, 5.74) is 5.79. The van der Waals surface area contributed by atoms with E-state index in [2.05, 4.69) is 5.32 Å². The average Bonchev–Trinajstić information content (AvgIpc) is 2.70. The Morgan fingerprint density at radius 2 is 2.06 bits per heavy atom. The molecule has 0 aliphatic carbocycles. The van der Waals surface area contributed by atoms with Crippen LogP contribution in [0.2, 0.25) is 0 Å². The Morgan fingerprint density at radius 1 is 1.38 bits per heavy atom. The van der Waals surface area contributed by atoms with Gasteiger partial charge in [-0.2, -0.15) is 0 Å². The summed E-state index contributed by atoms with van der Waals surface area (Å²) in [6.07, 6.45) is -1.14. The van der Waals surface area contributed by atoms with Gasteiger partial charge in [0, 0.05) is 6.04 Å². The third-order valence-corrected chi connectivity index (χ3v) is 2.71. The lowest BCUT2D eigenvalue weighted by Gasteiger charge is -2.17. The van der Waals surface area contributed by atoms with Crippen molar-refractivity contribution in [2.24, 2.45) is 5.73 Å². The van der Waals surface area contributed by atoms with Gasteiger partial charge in [0.15, 0.2) is 6.10 Å². The second kappa shape index (κ2) is 4.57. The summed E-state index contributed by atoms with van der Waals surface area (Å²) in [5, 5.41) is 2.66. The van der Waals surface area contributed by atoms with Crippen LogP contribution in [0.4, 0.5) is 4.79 Å². The number of alkyl carbamates (subject to hydrolysis) is 1. The monoisotopic (exact) mass is 230 g/mol. The van der Waals surface area contributed by atoms with Crippen LogP contribution < -0.4 is 11.1 Å². The Balaban J connectivity index is 1.85. The molecule has 6 nitrogen and oxygen atoms in total.